The minimum absolute atomic E-state index is 0.121. The van der Waals surface area contributed by atoms with Gasteiger partial charge >= 0.3 is 5.97 Å². The average Bonchev–Trinajstić information content (AvgIpc) is 2.64. The van der Waals surface area contributed by atoms with Gasteiger partial charge in [0, 0.05) is 24.1 Å². The molecule has 0 saturated carbocycles. The summed E-state index contributed by atoms with van der Waals surface area (Å²) in [6, 6.07) is 8.87. The van der Waals surface area contributed by atoms with Crippen LogP contribution in [0.15, 0.2) is 53.7 Å². The van der Waals surface area contributed by atoms with Crippen molar-refractivity contribution >= 4 is 11.9 Å². The molecular weight excluding hydrogens is 371 g/mol. The van der Waals surface area contributed by atoms with E-state index in [1.54, 1.807) is 6.07 Å². The summed E-state index contributed by atoms with van der Waals surface area (Å²) in [7, 11) is 1.20. The smallest absolute Gasteiger partial charge is 0.336 e. The number of rotatable bonds is 4. The molecule has 0 saturated heterocycles. The Kier molecular flexibility index (Phi) is 5.53. The van der Waals surface area contributed by atoms with Gasteiger partial charge < -0.3 is 9.64 Å². The van der Waals surface area contributed by atoms with Crippen molar-refractivity contribution in [2.45, 2.75) is 25.8 Å². The van der Waals surface area contributed by atoms with Gasteiger partial charge in [-0.3, -0.25) is 4.79 Å². The molecular formula is C21H18F3NO3. The molecule has 28 heavy (non-hydrogen) atoms. The predicted molar refractivity (Wildman–Crippen MR) is 95.4 cm³/mol. The number of nitrogens with zero attached hydrogens (tertiary/aromatic N) is 1. The molecule has 0 aliphatic carbocycles. The van der Waals surface area contributed by atoms with Gasteiger partial charge in [0.25, 0.3) is 0 Å². The van der Waals surface area contributed by atoms with Crippen molar-refractivity contribution < 1.29 is 27.5 Å². The first-order valence-corrected chi connectivity index (χ1v) is 8.60. The third-order valence-electron chi connectivity index (χ3n) is 4.77. The third kappa shape index (κ3) is 3.78. The highest BCUT2D eigenvalue weighted by atomic mass is 19.1. The zero-order valence-electron chi connectivity index (χ0n) is 15.3. The second kappa shape index (κ2) is 7.88. The second-order valence-electron chi connectivity index (χ2n) is 6.53. The lowest BCUT2D eigenvalue weighted by Crippen LogP contribution is -2.38. The van der Waals surface area contributed by atoms with E-state index in [1.165, 1.54) is 37.1 Å². The fraction of sp³-hybridized carbons (Fsp3) is 0.238. The topological polar surface area (TPSA) is 46.6 Å². The molecule has 1 aliphatic rings. The maximum absolute atomic E-state index is 14.3. The Hall–Kier alpha value is -3.09. The predicted octanol–water partition coefficient (Wildman–Crippen LogP) is 4.07. The number of hydrogen-bond donors (Lipinski definition) is 0. The van der Waals surface area contributed by atoms with Crippen molar-refractivity contribution in [2.75, 3.05) is 7.11 Å². The molecule has 0 aromatic heterocycles. The first-order chi connectivity index (χ1) is 13.3. The molecule has 7 heteroatoms. The first kappa shape index (κ1) is 19.7. The molecule has 1 amide bonds. The maximum atomic E-state index is 14.3. The van der Waals surface area contributed by atoms with Crippen LogP contribution >= 0.6 is 0 Å². The summed E-state index contributed by atoms with van der Waals surface area (Å²) in [5, 5.41) is 0. The number of benzene rings is 2. The lowest BCUT2D eigenvalue weighted by atomic mass is 9.83. The average molecular weight is 389 g/mol. The number of amides is 1. The van der Waals surface area contributed by atoms with Crippen molar-refractivity contribution in [3.8, 4) is 0 Å². The zero-order chi connectivity index (χ0) is 20.4. The normalized spacial score (nSPS) is 17.1. The van der Waals surface area contributed by atoms with Gasteiger partial charge in [-0.05, 0) is 36.2 Å². The van der Waals surface area contributed by atoms with E-state index in [0.717, 1.165) is 18.2 Å². The summed E-state index contributed by atoms with van der Waals surface area (Å²) in [5.41, 5.74) is 0.857. The number of hydrogen-bond acceptors (Lipinski definition) is 3. The van der Waals surface area contributed by atoms with Crippen LogP contribution in [0.25, 0.3) is 0 Å². The standard InChI is InChI=1S/C21H18F3NO3/c1-12-20(21(27)28-2)17(16-5-3-4-6-18(16)24)10-19(26)25(12)11-13-7-14(22)9-15(23)8-13/h3-9,17H,10-11H2,1-2H3. The van der Waals surface area contributed by atoms with Crippen LogP contribution in [0, 0.1) is 17.5 Å². The molecule has 1 unspecified atom stereocenters. The number of allylic oxidation sites excluding steroid dienone is 1. The Labute approximate surface area is 160 Å². The molecule has 0 fully saturated rings. The summed E-state index contributed by atoms with van der Waals surface area (Å²) in [5.74, 6) is -3.94. The van der Waals surface area contributed by atoms with E-state index in [-0.39, 0.29) is 41.3 Å². The number of carbonyl (C=O) groups excluding carboxylic acids is 2. The fourth-order valence-corrected chi connectivity index (χ4v) is 3.49. The van der Waals surface area contributed by atoms with E-state index < -0.39 is 29.3 Å². The molecule has 4 nitrogen and oxygen atoms in total. The number of ether oxygens (including phenoxy) is 1. The third-order valence-corrected chi connectivity index (χ3v) is 4.77. The largest absolute Gasteiger partial charge is 0.466 e. The van der Waals surface area contributed by atoms with Crippen LogP contribution < -0.4 is 0 Å². The summed E-state index contributed by atoms with van der Waals surface area (Å²) < 4.78 is 46.2. The van der Waals surface area contributed by atoms with Gasteiger partial charge in [0.2, 0.25) is 5.91 Å². The Morgan fingerprint density at radius 2 is 1.79 bits per heavy atom. The molecule has 2 aromatic rings. The van der Waals surface area contributed by atoms with E-state index in [2.05, 4.69) is 0 Å². The summed E-state index contributed by atoms with van der Waals surface area (Å²) in [6.45, 7) is 1.41. The molecule has 1 atom stereocenters. The molecule has 0 bridgehead atoms. The molecule has 146 valence electrons. The molecule has 1 aliphatic heterocycles. The fourth-order valence-electron chi connectivity index (χ4n) is 3.49. The van der Waals surface area contributed by atoms with Gasteiger partial charge in [-0.1, -0.05) is 18.2 Å². The van der Waals surface area contributed by atoms with E-state index >= 15 is 0 Å². The lowest BCUT2D eigenvalue weighted by molar-refractivity contribution is -0.138. The van der Waals surface area contributed by atoms with E-state index in [0.29, 0.717) is 0 Å². The van der Waals surface area contributed by atoms with Gasteiger partial charge in [0.15, 0.2) is 0 Å². The van der Waals surface area contributed by atoms with Gasteiger partial charge in [-0.2, -0.15) is 0 Å². The summed E-state index contributed by atoms with van der Waals surface area (Å²) in [4.78, 5) is 26.4. The number of methoxy groups -OCH3 is 1. The van der Waals surface area contributed by atoms with Crippen LogP contribution in [-0.4, -0.2) is 23.9 Å². The SMILES string of the molecule is COC(=O)C1=C(C)N(Cc2cc(F)cc(F)c2)C(=O)CC1c1ccccc1F. The van der Waals surface area contributed by atoms with Crippen LogP contribution in [0.3, 0.4) is 0 Å². The Morgan fingerprint density at radius 3 is 2.39 bits per heavy atom. The van der Waals surface area contributed by atoms with Crippen LogP contribution in [-0.2, 0) is 20.9 Å². The highest BCUT2D eigenvalue weighted by Crippen LogP contribution is 2.38. The molecule has 2 aromatic carbocycles. The van der Waals surface area contributed by atoms with Gasteiger partial charge in [0.05, 0.1) is 19.2 Å². The Bertz CT molecular complexity index is 951. The lowest BCUT2D eigenvalue weighted by Gasteiger charge is -2.34. The number of carbonyl (C=O) groups is 2. The second-order valence-corrected chi connectivity index (χ2v) is 6.53. The Balaban J connectivity index is 2.06. The van der Waals surface area contributed by atoms with Crippen LogP contribution in [0.2, 0.25) is 0 Å². The van der Waals surface area contributed by atoms with Crippen LogP contribution in [0.5, 0.6) is 0 Å². The zero-order valence-corrected chi connectivity index (χ0v) is 15.3. The Morgan fingerprint density at radius 1 is 1.14 bits per heavy atom. The van der Waals surface area contributed by atoms with Crippen LogP contribution in [0.1, 0.15) is 30.4 Å². The van der Waals surface area contributed by atoms with E-state index in [4.69, 9.17) is 4.74 Å². The summed E-state index contributed by atoms with van der Waals surface area (Å²) >= 11 is 0. The van der Waals surface area contributed by atoms with Gasteiger partial charge in [0.1, 0.15) is 17.5 Å². The monoisotopic (exact) mass is 389 g/mol. The molecule has 1 heterocycles. The van der Waals surface area contributed by atoms with Gasteiger partial charge in [-0.25, -0.2) is 18.0 Å². The van der Waals surface area contributed by atoms with Crippen molar-refractivity contribution in [1.29, 1.82) is 0 Å². The van der Waals surface area contributed by atoms with Crippen molar-refractivity contribution in [3.63, 3.8) is 0 Å². The summed E-state index contributed by atoms with van der Waals surface area (Å²) in [6.07, 6.45) is -0.166. The maximum Gasteiger partial charge on any atom is 0.336 e. The molecule has 0 N–H and O–H groups in total. The van der Waals surface area contributed by atoms with E-state index in [1.807, 2.05) is 0 Å². The van der Waals surface area contributed by atoms with Crippen LogP contribution in [0.4, 0.5) is 13.2 Å². The van der Waals surface area contributed by atoms with Crippen molar-refractivity contribution in [2.24, 2.45) is 0 Å². The minimum Gasteiger partial charge on any atom is -0.466 e. The highest BCUT2D eigenvalue weighted by molar-refractivity contribution is 5.95. The van der Waals surface area contributed by atoms with Crippen molar-refractivity contribution in [3.05, 3.63) is 82.3 Å². The quantitative estimate of drug-likeness (QED) is 0.741. The number of esters is 1. The molecule has 0 radical (unpaired) electrons. The highest BCUT2D eigenvalue weighted by Gasteiger charge is 2.37. The van der Waals surface area contributed by atoms with Crippen molar-refractivity contribution in [1.82, 2.24) is 4.90 Å². The molecule has 3 rings (SSSR count). The van der Waals surface area contributed by atoms with Gasteiger partial charge in [-0.15, -0.1) is 0 Å². The number of halogens is 3. The first-order valence-electron chi connectivity index (χ1n) is 8.60. The molecule has 0 spiro atoms. The minimum atomic E-state index is -0.804. The van der Waals surface area contributed by atoms with E-state index in [9.17, 15) is 22.8 Å².